The zero-order valence-corrected chi connectivity index (χ0v) is 10.6. The number of nitrogens with one attached hydrogen (secondary N) is 1. The summed E-state index contributed by atoms with van der Waals surface area (Å²) in [5.41, 5.74) is -0.694. The van der Waals surface area contributed by atoms with Gasteiger partial charge in [-0.25, -0.2) is 0 Å². The molecule has 0 spiro atoms. The number of carbonyl (C=O) groups excluding carboxylic acids is 1. The van der Waals surface area contributed by atoms with Crippen LogP contribution in [0, 0.1) is 5.41 Å². The van der Waals surface area contributed by atoms with Crippen LogP contribution in [0.1, 0.15) is 58.3 Å². The van der Waals surface area contributed by atoms with Crippen LogP contribution in [0.2, 0.25) is 0 Å². The summed E-state index contributed by atoms with van der Waals surface area (Å²) >= 11 is 0. The summed E-state index contributed by atoms with van der Waals surface area (Å²) in [4.78, 5) is 22.8. The van der Waals surface area contributed by atoms with Crippen molar-refractivity contribution in [1.82, 2.24) is 5.32 Å². The van der Waals surface area contributed by atoms with Gasteiger partial charge in [0.15, 0.2) is 0 Å². The standard InChI is InChI=1S/C13H23NO3/c1-2-3-4-7-11(15)14-10-13(12(16)17)8-5-6-9-13/h2-10H2,1H3,(H,14,15)(H,16,17). The van der Waals surface area contributed by atoms with Crippen LogP contribution in [0.4, 0.5) is 0 Å². The van der Waals surface area contributed by atoms with E-state index < -0.39 is 11.4 Å². The van der Waals surface area contributed by atoms with E-state index in [-0.39, 0.29) is 5.91 Å². The van der Waals surface area contributed by atoms with Crippen LogP contribution in [0.15, 0.2) is 0 Å². The Morgan fingerprint density at radius 1 is 1.24 bits per heavy atom. The second kappa shape index (κ2) is 6.62. The van der Waals surface area contributed by atoms with Crippen molar-refractivity contribution in [1.29, 1.82) is 0 Å². The van der Waals surface area contributed by atoms with Gasteiger partial charge in [0.05, 0.1) is 5.41 Å². The fraction of sp³-hybridized carbons (Fsp3) is 0.846. The maximum Gasteiger partial charge on any atom is 0.311 e. The predicted octanol–water partition coefficient (Wildman–Crippen LogP) is 2.33. The maximum atomic E-state index is 11.5. The van der Waals surface area contributed by atoms with E-state index in [2.05, 4.69) is 12.2 Å². The third-order valence-corrected chi connectivity index (χ3v) is 3.65. The molecule has 1 rings (SSSR count). The molecule has 0 heterocycles. The molecular formula is C13H23NO3. The molecule has 0 aliphatic heterocycles. The molecule has 1 aliphatic rings. The van der Waals surface area contributed by atoms with Gasteiger partial charge in [0.1, 0.15) is 0 Å². The highest BCUT2D eigenvalue weighted by Crippen LogP contribution is 2.37. The van der Waals surface area contributed by atoms with Crippen molar-refractivity contribution in [2.24, 2.45) is 5.41 Å². The third kappa shape index (κ3) is 4.02. The van der Waals surface area contributed by atoms with Crippen LogP contribution in [-0.2, 0) is 9.59 Å². The largest absolute Gasteiger partial charge is 0.481 e. The van der Waals surface area contributed by atoms with Crippen molar-refractivity contribution in [3.63, 3.8) is 0 Å². The summed E-state index contributed by atoms with van der Waals surface area (Å²) < 4.78 is 0. The number of unbranched alkanes of at least 4 members (excludes halogenated alkanes) is 2. The minimum atomic E-state index is -0.760. The van der Waals surface area contributed by atoms with Crippen molar-refractivity contribution in [3.8, 4) is 0 Å². The summed E-state index contributed by atoms with van der Waals surface area (Å²) in [6.07, 6.45) is 6.85. The molecule has 1 amide bonds. The molecule has 0 aromatic heterocycles. The second-order valence-corrected chi connectivity index (χ2v) is 5.03. The molecule has 0 radical (unpaired) electrons. The lowest BCUT2D eigenvalue weighted by Gasteiger charge is -2.23. The van der Waals surface area contributed by atoms with Crippen LogP contribution in [0.25, 0.3) is 0 Å². The molecule has 2 N–H and O–H groups in total. The Balaban J connectivity index is 2.32. The summed E-state index contributed by atoms with van der Waals surface area (Å²) in [5.74, 6) is -0.769. The summed E-state index contributed by atoms with van der Waals surface area (Å²) in [6, 6.07) is 0. The summed E-state index contributed by atoms with van der Waals surface area (Å²) in [5, 5.41) is 12.0. The van der Waals surface area contributed by atoms with Crippen LogP contribution in [-0.4, -0.2) is 23.5 Å². The average molecular weight is 241 g/mol. The van der Waals surface area contributed by atoms with E-state index >= 15 is 0 Å². The van der Waals surface area contributed by atoms with Gasteiger partial charge < -0.3 is 10.4 Å². The lowest BCUT2D eigenvalue weighted by atomic mass is 9.86. The number of carboxylic acid groups (broad SMARTS) is 1. The fourth-order valence-electron chi connectivity index (χ4n) is 2.41. The lowest BCUT2D eigenvalue weighted by molar-refractivity contribution is -0.148. The SMILES string of the molecule is CCCCCC(=O)NCC1(C(=O)O)CCCC1. The van der Waals surface area contributed by atoms with Gasteiger partial charge in [-0.3, -0.25) is 9.59 Å². The molecule has 4 nitrogen and oxygen atoms in total. The number of rotatable bonds is 7. The first-order chi connectivity index (χ1) is 8.10. The number of hydrogen-bond donors (Lipinski definition) is 2. The molecule has 1 fully saturated rings. The van der Waals surface area contributed by atoms with Gasteiger partial charge in [0.25, 0.3) is 0 Å². The minimum absolute atomic E-state index is 0.00836. The number of carbonyl (C=O) groups is 2. The molecule has 1 saturated carbocycles. The normalized spacial score (nSPS) is 17.9. The third-order valence-electron chi connectivity index (χ3n) is 3.65. The second-order valence-electron chi connectivity index (χ2n) is 5.03. The number of aliphatic carboxylic acids is 1. The molecule has 0 unspecified atom stereocenters. The Kier molecular flexibility index (Phi) is 5.45. The highest BCUT2D eigenvalue weighted by atomic mass is 16.4. The van der Waals surface area contributed by atoms with Gasteiger partial charge in [0, 0.05) is 13.0 Å². The van der Waals surface area contributed by atoms with E-state index in [1.165, 1.54) is 0 Å². The molecule has 0 saturated heterocycles. The topological polar surface area (TPSA) is 66.4 Å². The Morgan fingerprint density at radius 3 is 2.41 bits per heavy atom. The first kappa shape index (κ1) is 14.0. The lowest BCUT2D eigenvalue weighted by Crippen LogP contribution is -2.41. The Labute approximate surface area is 103 Å². The highest BCUT2D eigenvalue weighted by Gasteiger charge is 2.41. The van der Waals surface area contributed by atoms with Crippen molar-refractivity contribution < 1.29 is 14.7 Å². The minimum Gasteiger partial charge on any atom is -0.481 e. The zero-order chi connectivity index (χ0) is 12.7. The smallest absolute Gasteiger partial charge is 0.311 e. The van der Waals surface area contributed by atoms with Crippen LogP contribution in [0.3, 0.4) is 0 Å². The quantitative estimate of drug-likeness (QED) is 0.672. The molecule has 0 atom stereocenters. The number of hydrogen-bond acceptors (Lipinski definition) is 2. The molecule has 0 aromatic rings. The average Bonchev–Trinajstić information content (AvgIpc) is 2.77. The van der Waals surface area contributed by atoms with E-state index in [1.807, 2.05) is 0 Å². The molecule has 0 aromatic carbocycles. The van der Waals surface area contributed by atoms with Crippen LogP contribution < -0.4 is 5.32 Å². The van der Waals surface area contributed by atoms with Crippen molar-refractivity contribution in [2.75, 3.05) is 6.54 Å². The summed E-state index contributed by atoms with van der Waals surface area (Å²) in [6.45, 7) is 2.39. The Bertz CT molecular complexity index is 270. The van der Waals surface area contributed by atoms with Crippen molar-refractivity contribution in [3.05, 3.63) is 0 Å². The van der Waals surface area contributed by atoms with E-state index in [1.54, 1.807) is 0 Å². The van der Waals surface area contributed by atoms with Gasteiger partial charge in [-0.1, -0.05) is 32.6 Å². The highest BCUT2D eigenvalue weighted by molar-refractivity contribution is 5.79. The first-order valence-electron chi connectivity index (χ1n) is 6.61. The molecular weight excluding hydrogens is 218 g/mol. The number of amides is 1. The van der Waals surface area contributed by atoms with E-state index in [0.717, 1.165) is 32.1 Å². The van der Waals surface area contributed by atoms with Gasteiger partial charge in [-0.15, -0.1) is 0 Å². The Hall–Kier alpha value is -1.06. The monoisotopic (exact) mass is 241 g/mol. The molecule has 4 heteroatoms. The first-order valence-corrected chi connectivity index (χ1v) is 6.61. The van der Waals surface area contributed by atoms with Gasteiger partial charge in [-0.05, 0) is 19.3 Å². The van der Waals surface area contributed by atoms with Crippen LogP contribution in [0.5, 0.6) is 0 Å². The maximum absolute atomic E-state index is 11.5. The van der Waals surface area contributed by atoms with Crippen molar-refractivity contribution >= 4 is 11.9 Å². The van der Waals surface area contributed by atoms with E-state index in [0.29, 0.717) is 25.8 Å². The summed E-state index contributed by atoms with van der Waals surface area (Å²) in [7, 11) is 0. The van der Waals surface area contributed by atoms with Gasteiger partial charge in [-0.2, -0.15) is 0 Å². The van der Waals surface area contributed by atoms with Crippen LogP contribution >= 0.6 is 0 Å². The predicted molar refractivity (Wildman–Crippen MR) is 65.7 cm³/mol. The molecule has 17 heavy (non-hydrogen) atoms. The zero-order valence-electron chi connectivity index (χ0n) is 10.6. The number of carboxylic acids is 1. The molecule has 98 valence electrons. The van der Waals surface area contributed by atoms with Gasteiger partial charge >= 0.3 is 5.97 Å². The fourth-order valence-corrected chi connectivity index (χ4v) is 2.41. The van der Waals surface area contributed by atoms with Gasteiger partial charge in [0.2, 0.25) is 5.91 Å². The van der Waals surface area contributed by atoms with E-state index in [4.69, 9.17) is 0 Å². The molecule has 1 aliphatic carbocycles. The van der Waals surface area contributed by atoms with E-state index in [9.17, 15) is 14.7 Å². The van der Waals surface area contributed by atoms with Crippen molar-refractivity contribution in [2.45, 2.75) is 58.3 Å². The Morgan fingerprint density at radius 2 is 1.88 bits per heavy atom. The molecule has 0 bridgehead atoms.